The van der Waals surface area contributed by atoms with Crippen LogP contribution in [0.15, 0.2) is 101 Å². The standard InChI is InChI=1S/C44H50N8O9S2/c1-43(2,3)60-39(56)31(46-42(58)61-44(4,5)6)23-33(54)45-30-20-18-26(19-21-30)22-32(53)47-34-37(55)52-35(29(24-62-38(34)52)25-63-41-48-49-50-51(41)7)40(57)59-36(27-14-10-8-11-15-27)28-16-12-9-13-17-28/h8-21,31,34,36,38H,22-25H2,1-7H3,(H,45,54)(H,46,58)(H,47,53)/t31-,34-,38+/m1/s1. The summed E-state index contributed by atoms with van der Waals surface area (Å²) in [6.07, 6.45) is -2.14. The van der Waals surface area contributed by atoms with Crippen LogP contribution in [0, 0.1) is 0 Å². The van der Waals surface area contributed by atoms with Crippen LogP contribution in [0.3, 0.4) is 0 Å². The quantitative estimate of drug-likeness (QED) is 0.0614. The Hall–Kier alpha value is -6.21. The molecule has 0 aliphatic carbocycles. The first-order valence-electron chi connectivity index (χ1n) is 20.1. The van der Waals surface area contributed by atoms with Crippen molar-refractivity contribution in [2.45, 2.75) is 94.3 Å². The summed E-state index contributed by atoms with van der Waals surface area (Å²) in [4.78, 5) is 81.5. The van der Waals surface area contributed by atoms with Gasteiger partial charge in [-0.05, 0) is 86.4 Å². The Morgan fingerprint density at radius 1 is 0.857 bits per heavy atom. The first-order valence-corrected chi connectivity index (χ1v) is 22.1. The number of β-lactam (4-membered cyclic amide) rings is 1. The molecular weight excluding hydrogens is 849 g/mol. The van der Waals surface area contributed by atoms with Crippen molar-refractivity contribution < 1.29 is 43.0 Å². The lowest BCUT2D eigenvalue weighted by Gasteiger charge is -2.49. The highest BCUT2D eigenvalue weighted by atomic mass is 32.2. The lowest BCUT2D eigenvalue weighted by atomic mass is 10.0. The van der Waals surface area contributed by atoms with Crippen LogP contribution in [0.5, 0.6) is 0 Å². The minimum absolute atomic E-state index is 0.0793. The van der Waals surface area contributed by atoms with Crippen LogP contribution in [0.25, 0.3) is 0 Å². The molecule has 0 unspecified atom stereocenters. The van der Waals surface area contributed by atoms with Crippen molar-refractivity contribution in [3.05, 3.63) is 113 Å². The molecule has 19 heteroatoms. The summed E-state index contributed by atoms with van der Waals surface area (Å²) in [7, 11) is 1.71. The summed E-state index contributed by atoms with van der Waals surface area (Å²) in [6, 6.07) is 23.0. The predicted octanol–water partition coefficient (Wildman–Crippen LogP) is 5.10. The molecule has 0 spiro atoms. The third-order valence-electron chi connectivity index (χ3n) is 9.32. The SMILES string of the molecule is Cn1nnnc1SCC1=C(C(=O)OC(c2ccccc2)c2ccccc2)N2C(=O)[C@@H](NC(=O)Cc3ccc(NC(=O)C[C@@H](NC(=O)OC(C)(C)C)C(=O)OC(C)(C)C)cc3)[C@@H]2SC1. The molecule has 1 saturated heterocycles. The zero-order chi connectivity index (χ0) is 45.5. The third-order valence-corrected chi connectivity index (χ3v) is 11.8. The molecule has 63 heavy (non-hydrogen) atoms. The molecule has 2 aliphatic rings. The van der Waals surface area contributed by atoms with E-state index in [1.165, 1.54) is 33.1 Å². The minimum Gasteiger partial charge on any atom is -0.458 e. The van der Waals surface area contributed by atoms with Crippen molar-refractivity contribution in [3.63, 3.8) is 0 Å². The van der Waals surface area contributed by atoms with E-state index in [-0.39, 0.29) is 12.1 Å². The van der Waals surface area contributed by atoms with Gasteiger partial charge >= 0.3 is 18.0 Å². The van der Waals surface area contributed by atoms with E-state index < -0.39 is 76.9 Å². The summed E-state index contributed by atoms with van der Waals surface area (Å²) in [5, 5.41) is 19.6. The highest BCUT2D eigenvalue weighted by Crippen LogP contribution is 2.43. The number of carbonyl (C=O) groups is 6. The van der Waals surface area contributed by atoms with Gasteiger partial charge in [0.1, 0.15) is 34.4 Å². The second-order valence-corrected chi connectivity index (χ2v) is 18.8. The van der Waals surface area contributed by atoms with Crippen LogP contribution in [0.4, 0.5) is 10.5 Å². The number of hydrogen-bond donors (Lipinski definition) is 3. The van der Waals surface area contributed by atoms with Crippen LogP contribution in [0.2, 0.25) is 0 Å². The Labute approximate surface area is 373 Å². The second kappa shape index (κ2) is 19.9. The smallest absolute Gasteiger partial charge is 0.408 e. The maximum Gasteiger partial charge on any atom is 0.408 e. The number of nitrogens with zero attached hydrogens (tertiary/aromatic N) is 5. The van der Waals surface area contributed by atoms with E-state index in [0.717, 1.165) is 11.1 Å². The molecular formula is C44H50N8O9S2. The number of benzene rings is 3. The molecule has 6 rings (SSSR count). The van der Waals surface area contributed by atoms with E-state index in [2.05, 4.69) is 31.5 Å². The number of anilines is 1. The van der Waals surface area contributed by atoms with Gasteiger partial charge < -0.3 is 30.2 Å². The molecule has 1 aromatic heterocycles. The Balaban J connectivity index is 1.10. The zero-order valence-corrected chi connectivity index (χ0v) is 37.6. The van der Waals surface area contributed by atoms with Gasteiger partial charge in [-0.2, -0.15) is 0 Å². The predicted molar refractivity (Wildman–Crippen MR) is 235 cm³/mol. The summed E-state index contributed by atoms with van der Waals surface area (Å²) in [6.45, 7) is 10.0. The van der Waals surface area contributed by atoms with Crippen molar-refractivity contribution in [1.82, 2.24) is 35.7 Å². The molecule has 332 valence electrons. The van der Waals surface area contributed by atoms with Gasteiger partial charge in [-0.15, -0.1) is 16.9 Å². The number of alkyl carbamates (subject to hydrolysis) is 1. The maximum absolute atomic E-state index is 14.3. The number of ether oxygens (including phenoxy) is 3. The molecule has 1 fully saturated rings. The molecule has 17 nitrogen and oxygen atoms in total. The minimum atomic E-state index is -1.32. The molecule has 4 aromatic rings. The Bertz CT molecular complexity index is 2310. The lowest BCUT2D eigenvalue weighted by Crippen LogP contribution is -2.70. The zero-order valence-electron chi connectivity index (χ0n) is 35.9. The topological polar surface area (TPSA) is 213 Å². The van der Waals surface area contributed by atoms with E-state index in [4.69, 9.17) is 14.2 Å². The van der Waals surface area contributed by atoms with Gasteiger partial charge in [0.15, 0.2) is 6.10 Å². The number of hydrogen-bond acceptors (Lipinski definition) is 14. The first-order chi connectivity index (χ1) is 29.8. The molecule has 3 N–H and O–H groups in total. The van der Waals surface area contributed by atoms with E-state index >= 15 is 0 Å². The highest BCUT2D eigenvalue weighted by molar-refractivity contribution is 8.01. The number of amides is 4. The third kappa shape index (κ3) is 12.5. The van der Waals surface area contributed by atoms with Crippen molar-refractivity contribution in [2.24, 2.45) is 7.05 Å². The van der Waals surface area contributed by atoms with Crippen molar-refractivity contribution >= 4 is 65.0 Å². The van der Waals surface area contributed by atoms with Gasteiger partial charge in [-0.25, -0.2) is 19.1 Å². The highest BCUT2D eigenvalue weighted by Gasteiger charge is 2.54. The first kappa shape index (κ1) is 46.3. The fourth-order valence-electron chi connectivity index (χ4n) is 6.55. The number of tetrazole rings is 1. The summed E-state index contributed by atoms with van der Waals surface area (Å²) >= 11 is 2.76. The van der Waals surface area contributed by atoms with Gasteiger partial charge in [0.2, 0.25) is 17.0 Å². The van der Waals surface area contributed by atoms with Crippen LogP contribution in [-0.4, -0.2) is 101 Å². The number of aryl methyl sites for hydroxylation is 1. The number of thioether (sulfide) groups is 2. The van der Waals surface area contributed by atoms with Gasteiger partial charge in [0, 0.05) is 24.2 Å². The molecule has 4 amide bonds. The van der Waals surface area contributed by atoms with Crippen molar-refractivity contribution in [3.8, 4) is 0 Å². The van der Waals surface area contributed by atoms with Crippen LogP contribution in [0.1, 0.15) is 70.8 Å². The Morgan fingerprint density at radius 3 is 2.05 bits per heavy atom. The monoisotopic (exact) mass is 898 g/mol. The Morgan fingerprint density at radius 2 is 1.48 bits per heavy atom. The van der Waals surface area contributed by atoms with Crippen LogP contribution < -0.4 is 16.0 Å². The molecule has 0 radical (unpaired) electrons. The van der Waals surface area contributed by atoms with Gasteiger partial charge in [0.25, 0.3) is 5.91 Å². The largest absolute Gasteiger partial charge is 0.458 e. The average molecular weight is 899 g/mol. The van der Waals surface area contributed by atoms with Crippen molar-refractivity contribution in [2.75, 3.05) is 16.8 Å². The molecule has 0 saturated carbocycles. The summed E-state index contributed by atoms with van der Waals surface area (Å²) in [5.41, 5.74) is 1.59. The van der Waals surface area contributed by atoms with Gasteiger partial charge in [-0.3, -0.25) is 19.3 Å². The maximum atomic E-state index is 14.3. The number of fused-ring (bicyclic) bond motifs is 1. The number of esters is 2. The van der Waals surface area contributed by atoms with Crippen molar-refractivity contribution in [1.29, 1.82) is 0 Å². The van der Waals surface area contributed by atoms with E-state index in [0.29, 0.717) is 33.5 Å². The van der Waals surface area contributed by atoms with Gasteiger partial charge in [0.05, 0.1) is 12.8 Å². The average Bonchev–Trinajstić information content (AvgIpc) is 3.64. The van der Waals surface area contributed by atoms with E-state index in [9.17, 15) is 28.8 Å². The fourth-order valence-corrected chi connectivity index (χ4v) is 8.89. The number of aromatic nitrogens is 4. The van der Waals surface area contributed by atoms with E-state index in [1.807, 2.05) is 60.7 Å². The van der Waals surface area contributed by atoms with Crippen LogP contribution in [-0.2, 0) is 51.7 Å². The Kier molecular flexibility index (Phi) is 14.6. The molecule has 3 aromatic carbocycles. The fraction of sp³-hybridized carbons (Fsp3) is 0.386. The molecule has 2 aliphatic heterocycles. The van der Waals surface area contributed by atoms with Crippen LogP contribution >= 0.6 is 23.5 Å². The number of carbonyl (C=O) groups excluding carboxylic acids is 6. The van der Waals surface area contributed by atoms with E-state index in [1.54, 1.807) is 72.9 Å². The number of rotatable bonds is 15. The number of nitrogens with one attached hydrogen (secondary N) is 3. The molecule has 0 bridgehead atoms. The summed E-state index contributed by atoms with van der Waals surface area (Å²) < 4.78 is 18.5. The molecule has 3 atom stereocenters. The van der Waals surface area contributed by atoms with Gasteiger partial charge in [-0.1, -0.05) is 84.6 Å². The normalized spacial score (nSPS) is 16.6. The molecule has 3 heterocycles. The lowest BCUT2D eigenvalue weighted by molar-refractivity contribution is -0.158. The second-order valence-electron chi connectivity index (χ2n) is 16.7. The summed E-state index contributed by atoms with van der Waals surface area (Å²) in [5.74, 6) is -2.23.